The summed E-state index contributed by atoms with van der Waals surface area (Å²) in [5.41, 5.74) is 11.7. The van der Waals surface area contributed by atoms with Gasteiger partial charge in [0.05, 0.1) is 0 Å². The van der Waals surface area contributed by atoms with Crippen LogP contribution in [0, 0.1) is 6.92 Å². The van der Waals surface area contributed by atoms with Crippen molar-refractivity contribution in [2.24, 2.45) is 0 Å². The van der Waals surface area contributed by atoms with E-state index in [1.165, 1.54) is 0 Å². The monoisotopic (exact) mass is 164 g/mol. The number of hydrogen-bond acceptors (Lipinski definition) is 5. The van der Waals surface area contributed by atoms with Gasteiger partial charge in [-0.1, -0.05) is 0 Å². The lowest BCUT2D eigenvalue weighted by atomic mass is 10.3. The van der Waals surface area contributed by atoms with E-state index in [4.69, 9.17) is 11.5 Å². The molecule has 12 heavy (non-hydrogen) atoms. The van der Waals surface area contributed by atoms with Crippen molar-refractivity contribution in [3.8, 4) is 0 Å². The van der Waals surface area contributed by atoms with Crippen LogP contribution < -0.4 is 11.5 Å². The first kappa shape index (κ1) is 6.84. The van der Waals surface area contributed by atoms with Crippen molar-refractivity contribution in [1.82, 2.24) is 20.2 Å². The molecular weight excluding hydrogens is 156 g/mol. The van der Waals surface area contributed by atoms with Crippen molar-refractivity contribution in [3.63, 3.8) is 0 Å². The number of anilines is 2. The molecule has 2 aromatic heterocycles. The van der Waals surface area contributed by atoms with Crippen molar-refractivity contribution in [2.45, 2.75) is 6.92 Å². The fourth-order valence-corrected chi connectivity index (χ4v) is 1.09. The standard InChI is InChI=1S/C6H8N6/c1-2-9-4(7)3-5(8)11-12-6(3)10-2/h1H3,(H5,7,8,9,10,11,12). The van der Waals surface area contributed by atoms with Gasteiger partial charge in [0.2, 0.25) is 0 Å². The Morgan fingerprint density at radius 3 is 2.75 bits per heavy atom. The number of aromatic amines is 1. The second-order valence-electron chi connectivity index (χ2n) is 2.49. The maximum atomic E-state index is 5.61. The van der Waals surface area contributed by atoms with E-state index in [9.17, 15) is 0 Å². The van der Waals surface area contributed by atoms with Gasteiger partial charge in [-0.3, -0.25) is 5.10 Å². The van der Waals surface area contributed by atoms with E-state index in [0.717, 1.165) is 0 Å². The molecule has 0 bridgehead atoms. The number of nitrogens with zero attached hydrogens (tertiary/aromatic N) is 3. The fraction of sp³-hybridized carbons (Fsp3) is 0.167. The van der Waals surface area contributed by atoms with Crippen molar-refractivity contribution >= 4 is 22.7 Å². The molecular formula is C6H8N6. The number of aryl methyl sites for hydroxylation is 1. The Kier molecular flexibility index (Phi) is 1.18. The number of nitrogens with one attached hydrogen (secondary N) is 1. The van der Waals surface area contributed by atoms with Crippen LogP contribution >= 0.6 is 0 Å². The van der Waals surface area contributed by atoms with E-state index in [2.05, 4.69) is 20.2 Å². The molecule has 0 unspecified atom stereocenters. The molecule has 0 atom stereocenters. The Balaban J connectivity index is 2.93. The van der Waals surface area contributed by atoms with Crippen molar-refractivity contribution in [1.29, 1.82) is 0 Å². The third kappa shape index (κ3) is 0.777. The highest BCUT2D eigenvalue weighted by Gasteiger charge is 2.08. The lowest BCUT2D eigenvalue weighted by Crippen LogP contribution is -1.97. The number of nitrogens with two attached hydrogens (primary N) is 2. The van der Waals surface area contributed by atoms with Gasteiger partial charge in [0.1, 0.15) is 22.8 Å². The average molecular weight is 164 g/mol. The van der Waals surface area contributed by atoms with Crippen LogP contribution in [0.4, 0.5) is 11.6 Å². The SMILES string of the molecule is Cc1nc(N)c2c(N)[nH]nc2n1. The second kappa shape index (κ2) is 2.07. The minimum atomic E-state index is 0.365. The summed E-state index contributed by atoms with van der Waals surface area (Å²) < 4.78 is 0. The van der Waals surface area contributed by atoms with Gasteiger partial charge in [-0.2, -0.15) is 5.10 Å². The minimum absolute atomic E-state index is 0.365. The van der Waals surface area contributed by atoms with Crippen LogP contribution in [0.1, 0.15) is 5.82 Å². The smallest absolute Gasteiger partial charge is 0.188 e. The van der Waals surface area contributed by atoms with Gasteiger partial charge >= 0.3 is 0 Å². The van der Waals surface area contributed by atoms with E-state index in [1.807, 2.05) is 0 Å². The highest BCUT2D eigenvalue weighted by atomic mass is 15.2. The summed E-state index contributed by atoms with van der Waals surface area (Å²) in [4.78, 5) is 8.01. The third-order valence-corrected chi connectivity index (χ3v) is 1.58. The van der Waals surface area contributed by atoms with E-state index in [0.29, 0.717) is 28.5 Å². The Morgan fingerprint density at radius 1 is 1.25 bits per heavy atom. The molecule has 2 heterocycles. The molecule has 5 N–H and O–H groups in total. The molecule has 0 amide bonds. The van der Waals surface area contributed by atoms with Crippen LogP contribution in [0.3, 0.4) is 0 Å². The predicted octanol–water partition coefficient (Wildman–Crippen LogP) is -0.174. The number of hydrogen-bond donors (Lipinski definition) is 3. The van der Waals surface area contributed by atoms with Crippen LogP contribution in [0.2, 0.25) is 0 Å². The number of H-pyrrole nitrogens is 1. The van der Waals surface area contributed by atoms with Crippen LogP contribution in [-0.2, 0) is 0 Å². The molecule has 62 valence electrons. The second-order valence-corrected chi connectivity index (χ2v) is 2.49. The lowest BCUT2D eigenvalue weighted by molar-refractivity contribution is 1.05. The summed E-state index contributed by atoms with van der Waals surface area (Å²) in [6.45, 7) is 1.75. The first-order valence-corrected chi connectivity index (χ1v) is 3.42. The van der Waals surface area contributed by atoms with Gasteiger partial charge in [-0.25, -0.2) is 9.97 Å². The molecule has 0 aliphatic rings. The molecule has 0 aliphatic heterocycles. The maximum Gasteiger partial charge on any atom is 0.188 e. The summed E-state index contributed by atoms with van der Waals surface area (Å²) in [6.07, 6.45) is 0. The van der Waals surface area contributed by atoms with E-state index in [1.54, 1.807) is 6.92 Å². The maximum absolute atomic E-state index is 5.61. The molecule has 2 rings (SSSR count). The van der Waals surface area contributed by atoms with E-state index in [-0.39, 0.29) is 0 Å². The normalized spacial score (nSPS) is 10.8. The summed E-state index contributed by atoms with van der Waals surface area (Å²) in [5, 5.41) is 7.05. The van der Waals surface area contributed by atoms with Crippen molar-refractivity contribution in [3.05, 3.63) is 5.82 Å². The van der Waals surface area contributed by atoms with Gasteiger partial charge in [0, 0.05) is 0 Å². The van der Waals surface area contributed by atoms with E-state index >= 15 is 0 Å². The van der Waals surface area contributed by atoms with Gasteiger partial charge in [0.25, 0.3) is 0 Å². The number of nitrogen functional groups attached to an aromatic ring is 2. The topological polar surface area (TPSA) is 106 Å². The summed E-state index contributed by atoms with van der Waals surface area (Å²) in [5.74, 6) is 1.36. The molecule has 0 saturated carbocycles. The van der Waals surface area contributed by atoms with Crippen molar-refractivity contribution < 1.29 is 0 Å². The molecule has 0 radical (unpaired) electrons. The number of fused-ring (bicyclic) bond motifs is 1. The molecule has 6 nitrogen and oxygen atoms in total. The zero-order valence-electron chi connectivity index (χ0n) is 6.50. The van der Waals surface area contributed by atoms with Gasteiger partial charge in [-0.05, 0) is 6.92 Å². The van der Waals surface area contributed by atoms with Crippen LogP contribution in [0.25, 0.3) is 11.0 Å². The van der Waals surface area contributed by atoms with E-state index < -0.39 is 0 Å². The minimum Gasteiger partial charge on any atom is -0.383 e. The largest absolute Gasteiger partial charge is 0.383 e. The van der Waals surface area contributed by atoms with Crippen molar-refractivity contribution in [2.75, 3.05) is 11.5 Å². The summed E-state index contributed by atoms with van der Waals surface area (Å²) in [6, 6.07) is 0. The Hall–Kier alpha value is -1.85. The Bertz CT molecular complexity index is 431. The molecule has 6 heteroatoms. The quantitative estimate of drug-likeness (QED) is 0.501. The molecule has 0 spiro atoms. The average Bonchev–Trinajstić information content (AvgIpc) is 2.31. The van der Waals surface area contributed by atoms with Gasteiger partial charge < -0.3 is 11.5 Å². The molecule has 0 aromatic carbocycles. The molecule has 2 aromatic rings. The Morgan fingerprint density at radius 2 is 2.00 bits per heavy atom. The predicted molar refractivity (Wildman–Crippen MR) is 45.2 cm³/mol. The first-order valence-electron chi connectivity index (χ1n) is 3.42. The third-order valence-electron chi connectivity index (χ3n) is 1.58. The zero-order valence-corrected chi connectivity index (χ0v) is 6.50. The first-order chi connectivity index (χ1) is 5.68. The van der Waals surface area contributed by atoms with Crippen LogP contribution in [0.15, 0.2) is 0 Å². The zero-order chi connectivity index (χ0) is 8.72. The highest BCUT2D eigenvalue weighted by Crippen LogP contribution is 2.20. The number of aromatic nitrogens is 4. The number of rotatable bonds is 0. The van der Waals surface area contributed by atoms with Gasteiger partial charge in [0.15, 0.2) is 5.65 Å². The van der Waals surface area contributed by atoms with Gasteiger partial charge in [-0.15, -0.1) is 0 Å². The Labute approximate surface area is 68.0 Å². The summed E-state index contributed by atoms with van der Waals surface area (Å²) >= 11 is 0. The summed E-state index contributed by atoms with van der Waals surface area (Å²) in [7, 11) is 0. The fourth-order valence-electron chi connectivity index (χ4n) is 1.09. The lowest BCUT2D eigenvalue weighted by Gasteiger charge is -1.95. The highest BCUT2D eigenvalue weighted by molar-refractivity contribution is 5.94. The van der Waals surface area contributed by atoms with Crippen LogP contribution in [-0.4, -0.2) is 20.2 Å². The molecule has 0 aliphatic carbocycles. The van der Waals surface area contributed by atoms with Crippen LogP contribution in [0.5, 0.6) is 0 Å². The molecule has 0 fully saturated rings. The molecule has 0 saturated heterocycles.